The Hall–Kier alpha value is -1.53. The normalized spacial score (nSPS) is 21.7. The van der Waals surface area contributed by atoms with E-state index in [0.717, 1.165) is 30.8 Å². The number of piperazine rings is 1. The summed E-state index contributed by atoms with van der Waals surface area (Å²) >= 11 is 0. The van der Waals surface area contributed by atoms with Gasteiger partial charge in [0, 0.05) is 25.3 Å². The van der Waals surface area contributed by atoms with E-state index in [0.29, 0.717) is 5.54 Å². The minimum absolute atomic E-state index is 0.303. The predicted octanol–water partition coefficient (Wildman–Crippen LogP) is 2.98. The average Bonchev–Trinajstić information content (AvgIpc) is 2.48. The Balaban J connectivity index is 1.93. The van der Waals surface area contributed by atoms with Crippen molar-refractivity contribution in [1.29, 1.82) is 5.26 Å². The van der Waals surface area contributed by atoms with Gasteiger partial charge in [-0.1, -0.05) is 19.3 Å². The second-order valence-corrected chi connectivity index (χ2v) is 6.22. The standard InChI is InChI=1S/C17H23N3/c1-14-11-16(6-5-15(14)12-18)20-10-9-19-13-17(20)7-3-2-4-8-17/h5-6,11,19H,2-4,7-10,13H2,1H3. The molecule has 0 unspecified atom stereocenters. The minimum Gasteiger partial charge on any atom is -0.363 e. The molecule has 3 nitrogen and oxygen atoms in total. The zero-order chi connectivity index (χ0) is 14.0. The molecule has 3 rings (SSSR count). The first-order valence-corrected chi connectivity index (χ1v) is 7.74. The Morgan fingerprint density at radius 2 is 2.05 bits per heavy atom. The van der Waals surface area contributed by atoms with Gasteiger partial charge in [0.05, 0.1) is 17.2 Å². The molecule has 0 radical (unpaired) electrons. The maximum Gasteiger partial charge on any atom is 0.0994 e. The number of anilines is 1. The smallest absolute Gasteiger partial charge is 0.0994 e. The molecule has 1 aliphatic carbocycles. The average molecular weight is 269 g/mol. The van der Waals surface area contributed by atoms with Gasteiger partial charge in [0.25, 0.3) is 0 Å². The van der Waals surface area contributed by atoms with E-state index in [9.17, 15) is 0 Å². The Bertz CT molecular complexity index is 515. The molecule has 1 spiro atoms. The second-order valence-electron chi connectivity index (χ2n) is 6.22. The molecule has 0 atom stereocenters. The summed E-state index contributed by atoms with van der Waals surface area (Å²) in [5, 5.41) is 12.7. The number of nitriles is 1. The van der Waals surface area contributed by atoms with E-state index in [1.807, 2.05) is 13.0 Å². The summed E-state index contributed by atoms with van der Waals surface area (Å²) in [5.41, 5.74) is 3.48. The van der Waals surface area contributed by atoms with Crippen LogP contribution in [0.5, 0.6) is 0 Å². The van der Waals surface area contributed by atoms with Crippen LogP contribution in [0.2, 0.25) is 0 Å². The van der Waals surface area contributed by atoms with Gasteiger partial charge in [0.1, 0.15) is 0 Å². The van der Waals surface area contributed by atoms with E-state index in [2.05, 4.69) is 28.4 Å². The molecule has 1 heterocycles. The summed E-state index contributed by atoms with van der Waals surface area (Å²) < 4.78 is 0. The van der Waals surface area contributed by atoms with E-state index in [1.165, 1.54) is 37.8 Å². The molecular formula is C17H23N3. The lowest BCUT2D eigenvalue weighted by Crippen LogP contribution is -2.62. The van der Waals surface area contributed by atoms with Crippen molar-refractivity contribution in [2.24, 2.45) is 0 Å². The molecular weight excluding hydrogens is 246 g/mol. The Labute approximate surface area is 121 Å². The SMILES string of the molecule is Cc1cc(N2CCNCC23CCCCC3)ccc1C#N. The molecule has 0 aromatic heterocycles. The topological polar surface area (TPSA) is 39.1 Å². The van der Waals surface area contributed by atoms with Gasteiger partial charge in [-0.25, -0.2) is 0 Å². The number of rotatable bonds is 1. The zero-order valence-electron chi connectivity index (χ0n) is 12.3. The fourth-order valence-corrected chi connectivity index (χ4v) is 3.85. The first kappa shape index (κ1) is 13.5. The molecule has 1 aliphatic heterocycles. The van der Waals surface area contributed by atoms with Crippen LogP contribution in [0, 0.1) is 18.3 Å². The fourth-order valence-electron chi connectivity index (χ4n) is 3.85. The third-order valence-electron chi connectivity index (χ3n) is 4.97. The highest BCUT2D eigenvalue weighted by molar-refractivity contribution is 5.56. The van der Waals surface area contributed by atoms with Crippen LogP contribution >= 0.6 is 0 Å². The number of hydrogen-bond donors (Lipinski definition) is 1. The Morgan fingerprint density at radius 3 is 2.75 bits per heavy atom. The molecule has 1 saturated carbocycles. The highest BCUT2D eigenvalue weighted by Gasteiger charge is 2.39. The molecule has 3 heteroatoms. The molecule has 1 saturated heterocycles. The van der Waals surface area contributed by atoms with E-state index in [4.69, 9.17) is 5.26 Å². The number of nitrogens with zero attached hydrogens (tertiary/aromatic N) is 2. The molecule has 1 aromatic carbocycles. The van der Waals surface area contributed by atoms with E-state index >= 15 is 0 Å². The first-order chi connectivity index (χ1) is 9.75. The second kappa shape index (κ2) is 5.46. The predicted molar refractivity (Wildman–Crippen MR) is 81.9 cm³/mol. The maximum absolute atomic E-state index is 9.09. The summed E-state index contributed by atoms with van der Waals surface area (Å²) in [4.78, 5) is 2.61. The van der Waals surface area contributed by atoms with Crippen LogP contribution < -0.4 is 10.2 Å². The van der Waals surface area contributed by atoms with Gasteiger partial charge in [-0.15, -0.1) is 0 Å². The van der Waals surface area contributed by atoms with Gasteiger partial charge in [0.15, 0.2) is 0 Å². The first-order valence-electron chi connectivity index (χ1n) is 7.74. The van der Waals surface area contributed by atoms with Crippen molar-refractivity contribution in [1.82, 2.24) is 5.32 Å². The van der Waals surface area contributed by atoms with Crippen molar-refractivity contribution in [3.63, 3.8) is 0 Å². The van der Waals surface area contributed by atoms with E-state index < -0.39 is 0 Å². The lowest BCUT2D eigenvalue weighted by Gasteiger charge is -2.51. The third kappa shape index (κ3) is 2.29. The quantitative estimate of drug-likeness (QED) is 0.852. The molecule has 106 valence electrons. The van der Waals surface area contributed by atoms with Crippen molar-refractivity contribution >= 4 is 5.69 Å². The summed E-state index contributed by atoms with van der Waals surface area (Å²) in [6, 6.07) is 8.57. The van der Waals surface area contributed by atoms with E-state index in [1.54, 1.807) is 0 Å². The largest absolute Gasteiger partial charge is 0.363 e. The van der Waals surface area contributed by atoms with Crippen molar-refractivity contribution in [2.45, 2.75) is 44.6 Å². The van der Waals surface area contributed by atoms with Gasteiger partial charge >= 0.3 is 0 Å². The summed E-state index contributed by atoms with van der Waals surface area (Å²) in [6.45, 7) is 5.27. The lowest BCUT2D eigenvalue weighted by molar-refractivity contribution is 0.241. The van der Waals surface area contributed by atoms with Crippen molar-refractivity contribution in [3.05, 3.63) is 29.3 Å². The fraction of sp³-hybridized carbons (Fsp3) is 0.588. The van der Waals surface area contributed by atoms with Crippen LogP contribution in [0.1, 0.15) is 43.2 Å². The molecule has 0 amide bonds. The molecule has 2 aliphatic rings. The summed E-state index contributed by atoms with van der Waals surface area (Å²) in [6.07, 6.45) is 6.64. The number of nitrogens with one attached hydrogen (secondary N) is 1. The Morgan fingerprint density at radius 1 is 1.25 bits per heavy atom. The van der Waals surface area contributed by atoms with Crippen LogP contribution in [-0.2, 0) is 0 Å². The van der Waals surface area contributed by atoms with Gasteiger partial charge in [-0.2, -0.15) is 5.26 Å². The zero-order valence-corrected chi connectivity index (χ0v) is 12.3. The van der Waals surface area contributed by atoms with Crippen molar-refractivity contribution in [2.75, 3.05) is 24.5 Å². The number of aryl methyl sites for hydroxylation is 1. The summed E-state index contributed by atoms with van der Waals surface area (Å²) in [7, 11) is 0. The monoisotopic (exact) mass is 269 g/mol. The van der Waals surface area contributed by atoms with Crippen LogP contribution in [-0.4, -0.2) is 25.2 Å². The lowest BCUT2D eigenvalue weighted by atomic mass is 9.78. The van der Waals surface area contributed by atoms with Crippen molar-refractivity contribution in [3.8, 4) is 6.07 Å². The van der Waals surface area contributed by atoms with Crippen LogP contribution in [0.25, 0.3) is 0 Å². The summed E-state index contributed by atoms with van der Waals surface area (Å²) in [5.74, 6) is 0. The molecule has 1 aromatic rings. The molecule has 0 bridgehead atoms. The van der Waals surface area contributed by atoms with Crippen LogP contribution in [0.3, 0.4) is 0 Å². The third-order valence-corrected chi connectivity index (χ3v) is 4.97. The number of hydrogen-bond acceptors (Lipinski definition) is 3. The Kier molecular flexibility index (Phi) is 3.67. The van der Waals surface area contributed by atoms with Gasteiger partial charge in [-0.05, 0) is 43.5 Å². The number of benzene rings is 1. The van der Waals surface area contributed by atoms with Crippen LogP contribution in [0.4, 0.5) is 5.69 Å². The molecule has 2 fully saturated rings. The van der Waals surface area contributed by atoms with Gasteiger partial charge < -0.3 is 10.2 Å². The van der Waals surface area contributed by atoms with Gasteiger partial charge in [0.2, 0.25) is 0 Å². The van der Waals surface area contributed by atoms with Crippen molar-refractivity contribution < 1.29 is 0 Å². The highest BCUT2D eigenvalue weighted by atomic mass is 15.3. The molecule has 20 heavy (non-hydrogen) atoms. The van der Waals surface area contributed by atoms with Crippen LogP contribution in [0.15, 0.2) is 18.2 Å². The maximum atomic E-state index is 9.09. The minimum atomic E-state index is 0.303. The molecule has 1 N–H and O–H groups in total. The van der Waals surface area contributed by atoms with E-state index in [-0.39, 0.29) is 0 Å². The van der Waals surface area contributed by atoms with Gasteiger partial charge in [-0.3, -0.25) is 0 Å². The highest BCUT2D eigenvalue weighted by Crippen LogP contribution is 2.38.